The third-order valence-electron chi connectivity index (χ3n) is 1.66. The van der Waals surface area contributed by atoms with E-state index >= 15 is 0 Å². The molecule has 88 valence electrons. The van der Waals surface area contributed by atoms with Gasteiger partial charge in [0.25, 0.3) is 0 Å². The SMILES string of the molecule is NCC(CCOCC(=O)O)NCC(=O)O. The van der Waals surface area contributed by atoms with E-state index < -0.39 is 11.9 Å². The number of carbonyl (C=O) groups is 2. The zero-order chi connectivity index (χ0) is 11.7. The van der Waals surface area contributed by atoms with Gasteiger partial charge in [0.15, 0.2) is 0 Å². The number of carboxylic acids is 2. The summed E-state index contributed by atoms with van der Waals surface area (Å²) in [7, 11) is 0. The minimum atomic E-state index is -1.03. The van der Waals surface area contributed by atoms with Crippen LogP contribution < -0.4 is 11.1 Å². The largest absolute Gasteiger partial charge is 0.480 e. The van der Waals surface area contributed by atoms with Gasteiger partial charge in [-0.1, -0.05) is 0 Å². The molecule has 0 aliphatic heterocycles. The van der Waals surface area contributed by atoms with Crippen LogP contribution in [0.3, 0.4) is 0 Å². The number of aliphatic carboxylic acids is 2. The van der Waals surface area contributed by atoms with Crippen LogP contribution >= 0.6 is 0 Å². The Morgan fingerprint density at radius 3 is 2.47 bits per heavy atom. The van der Waals surface area contributed by atoms with Crippen LogP contribution in [0.25, 0.3) is 0 Å². The highest BCUT2D eigenvalue weighted by atomic mass is 16.5. The summed E-state index contributed by atoms with van der Waals surface area (Å²) >= 11 is 0. The van der Waals surface area contributed by atoms with Crippen molar-refractivity contribution in [3.05, 3.63) is 0 Å². The zero-order valence-corrected chi connectivity index (χ0v) is 8.31. The summed E-state index contributed by atoms with van der Waals surface area (Å²) in [4.78, 5) is 20.3. The first-order valence-electron chi connectivity index (χ1n) is 4.51. The molecule has 0 radical (unpaired) electrons. The summed E-state index contributed by atoms with van der Waals surface area (Å²) in [6.07, 6.45) is 0.483. The summed E-state index contributed by atoms with van der Waals surface area (Å²) in [5, 5.41) is 19.4. The molecule has 0 saturated carbocycles. The lowest BCUT2D eigenvalue weighted by atomic mass is 10.2. The molecule has 0 aliphatic rings. The predicted octanol–water partition coefficient (Wildman–Crippen LogP) is -1.52. The van der Waals surface area contributed by atoms with Gasteiger partial charge < -0.3 is 26.0 Å². The molecule has 5 N–H and O–H groups in total. The van der Waals surface area contributed by atoms with Gasteiger partial charge in [0, 0.05) is 19.2 Å². The minimum absolute atomic E-state index is 0.166. The third-order valence-corrected chi connectivity index (χ3v) is 1.66. The molecule has 0 bridgehead atoms. The van der Waals surface area contributed by atoms with E-state index in [9.17, 15) is 9.59 Å². The van der Waals surface area contributed by atoms with Crippen LogP contribution in [-0.4, -0.2) is 54.5 Å². The Morgan fingerprint density at radius 1 is 1.33 bits per heavy atom. The van der Waals surface area contributed by atoms with E-state index in [1.807, 2.05) is 0 Å². The van der Waals surface area contributed by atoms with Gasteiger partial charge in [-0.3, -0.25) is 4.79 Å². The second-order valence-corrected chi connectivity index (χ2v) is 2.94. The highest BCUT2D eigenvalue weighted by Gasteiger charge is 2.08. The number of nitrogens with one attached hydrogen (secondary N) is 1. The number of carboxylic acid groups (broad SMARTS) is 2. The van der Waals surface area contributed by atoms with Crippen molar-refractivity contribution >= 4 is 11.9 Å². The van der Waals surface area contributed by atoms with Crippen molar-refractivity contribution < 1.29 is 24.5 Å². The fourth-order valence-electron chi connectivity index (χ4n) is 0.920. The number of ether oxygens (including phenoxy) is 1. The molecule has 0 saturated heterocycles. The van der Waals surface area contributed by atoms with Crippen molar-refractivity contribution in [1.82, 2.24) is 5.32 Å². The number of hydrogen-bond donors (Lipinski definition) is 4. The van der Waals surface area contributed by atoms with Gasteiger partial charge in [0.05, 0.1) is 6.54 Å². The van der Waals surface area contributed by atoms with Gasteiger partial charge in [-0.2, -0.15) is 0 Å². The first-order valence-corrected chi connectivity index (χ1v) is 4.51. The number of rotatable bonds is 9. The van der Waals surface area contributed by atoms with Crippen molar-refractivity contribution in [3.63, 3.8) is 0 Å². The van der Waals surface area contributed by atoms with E-state index in [1.165, 1.54) is 0 Å². The zero-order valence-electron chi connectivity index (χ0n) is 8.31. The van der Waals surface area contributed by atoms with Crippen LogP contribution in [0, 0.1) is 0 Å². The Balaban J connectivity index is 3.52. The van der Waals surface area contributed by atoms with Crippen LogP contribution in [0.1, 0.15) is 6.42 Å². The molecule has 7 nitrogen and oxygen atoms in total. The van der Waals surface area contributed by atoms with Crippen molar-refractivity contribution in [1.29, 1.82) is 0 Å². The Bertz CT molecular complexity index is 209. The van der Waals surface area contributed by atoms with E-state index in [2.05, 4.69) is 5.32 Å². The van der Waals surface area contributed by atoms with Crippen LogP contribution in [-0.2, 0) is 14.3 Å². The summed E-state index contributed by atoms with van der Waals surface area (Å²) in [5.41, 5.74) is 5.37. The summed E-state index contributed by atoms with van der Waals surface area (Å²) in [5.74, 6) is -1.99. The van der Waals surface area contributed by atoms with E-state index in [0.29, 0.717) is 6.42 Å². The van der Waals surface area contributed by atoms with Gasteiger partial charge in [-0.05, 0) is 6.42 Å². The van der Waals surface area contributed by atoms with E-state index in [0.717, 1.165) is 0 Å². The molecule has 1 atom stereocenters. The maximum absolute atomic E-state index is 10.2. The van der Waals surface area contributed by atoms with Gasteiger partial charge in [0.1, 0.15) is 6.61 Å². The maximum Gasteiger partial charge on any atom is 0.329 e. The normalized spacial score (nSPS) is 12.3. The molecule has 0 aromatic carbocycles. The smallest absolute Gasteiger partial charge is 0.329 e. The maximum atomic E-state index is 10.2. The fourth-order valence-corrected chi connectivity index (χ4v) is 0.920. The van der Waals surface area contributed by atoms with E-state index in [4.69, 9.17) is 20.7 Å². The topological polar surface area (TPSA) is 122 Å². The third kappa shape index (κ3) is 9.13. The van der Waals surface area contributed by atoms with E-state index in [-0.39, 0.29) is 32.3 Å². The Labute approximate surface area is 87.2 Å². The molecular formula is C8H16N2O5. The number of nitrogens with two attached hydrogens (primary N) is 1. The highest BCUT2D eigenvalue weighted by Crippen LogP contribution is 1.91. The van der Waals surface area contributed by atoms with Crippen molar-refractivity contribution in [2.45, 2.75) is 12.5 Å². The first kappa shape index (κ1) is 13.8. The average Bonchev–Trinajstić information content (AvgIpc) is 2.16. The molecule has 0 heterocycles. The van der Waals surface area contributed by atoms with Gasteiger partial charge in [0.2, 0.25) is 0 Å². The lowest BCUT2D eigenvalue weighted by Crippen LogP contribution is -2.40. The molecule has 7 heteroatoms. The predicted molar refractivity (Wildman–Crippen MR) is 51.6 cm³/mol. The molecule has 0 spiro atoms. The van der Waals surface area contributed by atoms with E-state index in [1.54, 1.807) is 0 Å². The lowest BCUT2D eigenvalue weighted by molar-refractivity contribution is -0.142. The monoisotopic (exact) mass is 220 g/mol. The lowest BCUT2D eigenvalue weighted by Gasteiger charge is -2.14. The van der Waals surface area contributed by atoms with Gasteiger partial charge in [-0.25, -0.2) is 4.79 Å². The van der Waals surface area contributed by atoms with Crippen LogP contribution in [0.4, 0.5) is 0 Å². The molecule has 0 aliphatic carbocycles. The Kier molecular flexibility index (Phi) is 7.51. The van der Waals surface area contributed by atoms with Crippen molar-refractivity contribution in [3.8, 4) is 0 Å². The van der Waals surface area contributed by atoms with Crippen molar-refractivity contribution in [2.75, 3.05) is 26.3 Å². The molecule has 15 heavy (non-hydrogen) atoms. The van der Waals surface area contributed by atoms with Crippen molar-refractivity contribution in [2.24, 2.45) is 5.73 Å². The van der Waals surface area contributed by atoms with Crippen LogP contribution in [0.15, 0.2) is 0 Å². The minimum Gasteiger partial charge on any atom is -0.480 e. The van der Waals surface area contributed by atoms with Crippen LogP contribution in [0.2, 0.25) is 0 Å². The molecule has 1 unspecified atom stereocenters. The summed E-state index contributed by atoms with van der Waals surface area (Å²) < 4.78 is 4.79. The molecule has 0 aromatic heterocycles. The highest BCUT2D eigenvalue weighted by molar-refractivity contribution is 5.69. The quantitative estimate of drug-likeness (QED) is 0.348. The second-order valence-electron chi connectivity index (χ2n) is 2.94. The van der Waals surface area contributed by atoms with Gasteiger partial charge >= 0.3 is 11.9 Å². The Hall–Kier alpha value is -1.18. The molecule has 0 aromatic rings. The molecule has 0 rings (SSSR count). The standard InChI is InChI=1S/C8H16N2O5/c9-3-6(10-4-7(11)12)1-2-15-5-8(13)14/h6,10H,1-5,9H2,(H,11,12)(H,13,14). The average molecular weight is 220 g/mol. The summed E-state index contributed by atoms with van der Waals surface area (Å²) in [6, 6.07) is -0.171. The fraction of sp³-hybridized carbons (Fsp3) is 0.750. The second kappa shape index (κ2) is 8.16. The van der Waals surface area contributed by atoms with Crippen LogP contribution in [0.5, 0.6) is 0 Å². The molecular weight excluding hydrogens is 204 g/mol. The van der Waals surface area contributed by atoms with Gasteiger partial charge in [-0.15, -0.1) is 0 Å². The Morgan fingerprint density at radius 2 is 2.00 bits per heavy atom. The number of hydrogen-bond acceptors (Lipinski definition) is 5. The molecule has 0 fully saturated rings. The first-order chi connectivity index (χ1) is 7.06. The molecule has 0 amide bonds. The summed E-state index contributed by atoms with van der Waals surface area (Å²) in [6.45, 7) is 0.00150.